The maximum absolute atomic E-state index is 13.1. The molecule has 0 aliphatic rings. The van der Waals surface area contributed by atoms with Gasteiger partial charge in [-0.15, -0.1) is 0 Å². The maximum atomic E-state index is 13.1. The van der Waals surface area contributed by atoms with Crippen molar-refractivity contribution in [2.45, 2.75) is 6.61 Å². The van der Waals surface area contributed by atoms with Gasteiger partial charge >= 0.3 is 0 Å². The molecular formula is C14H10Br3FO2. The molecule has 2 nitrogen and oxygen atoms in total. The van der Waals surface area contributed by atoms with Gasteiger partial charge in [0.1, 0.15) is 23.9 Å². The zero-order chi connectivity index (χ0) is 14.7. The lowest BCUT2D eigenvalue weighted by atomic mass is 10.2. The van der Waals surface area contributed by atoms with Crippen LogP contribution in [0.2, 0.25) is 0 Å². The summed E-state index contributed by atoms with van der Waals surface area (Å²) in [6.45, 7) is 0.344. The molecular weight excluding hydrogens is 459 g/mol. The van der Waals surface area contributed by atoms with E-state index in [0.29, 0.717) is 22.6 Å². The first-order valence-corrected chi connectivity index (χ1v) is 7.99. The number of methoxy groups -OCH3 is 1. The van der Waals surface area contributed by atoms with E-state index in [9.17, 15) is 4.39 Å². The molecule has 0 saturated carbocycles. The normalized spacial score (nSPS) is 10.4. The number of hydrogen-bond donors (Lipinski definition) is 0. The highest BCUT2D eigenvalue weighted by molar-refractivity contribution is 9.11. The van der Waals surface area contributed by atoms with Gasteiger partial charge in [-0.2, -0.15) is 0 Å². The van der Waals surface area contributed by atoms with Crippen LogP contribution in [-0.4, -0.2) is 7.11 Å². The Kier molecular flexibility index (Phi) is 5.46. The van der Waals surface area contributed by atoms with Crippen LogP contribution in [0.3, 0.4) is 0 Å². The first-order chi connectivity index (χ1) is 9.51. The largest absolute Gasteiger partial charge is 0.496 e. The van der Waals surface area contributed by atoms with Gasteiger partial charge in [0.2, 0.25) is 0 Å². The minimum atomic E-state index is -0.290. The molecule has 6 heteroatoms. The van der Waals surface area contributed by atoms with E-state index in [1.54, 1.807) is 19.2 Å². The van der Waals surface area contributed by atoms with Gasteiger partial charge in [0.15, 0.2) is 0 Å². The number of halogens is 4. The molecule has 0 saturated heterocycles. The Bertz CT molecular complexity index is 632. The smallest absolute Gasteiger partial charge is 0.137 e. The highest BCUT2D eigenvalue weighted by Gasteiger charge is 2.09. The second-order valence-corrected chi connectivity index (χ2v) is 6.52. The number of hydrogen-bond acceptors (Lipinski definition) is 2. The van der Waals surface area contributed by atoms with Crippen molar-refractivity contribution < 1.29 is 13.9 Å². The Morgan fingerprint density at radius 2 is 1.60 bits per heavy atom. The topological polar surface area (TPSA) is 18.5 Å². The van der Waals surface area contributed by atoms with Crippen molar-refractivity contribution in [3.8, 4) is 11.5 Å². The average molecular weight is 469 g/mol. The molecule has 0 aromatic heterocycles. The first-order valence-electron chi connectivity index (χ1n) is 5.61. The molecule has 2 rings (SSSR count). The van der Waals surface area contributed by atoms with Crippen LogP contribution in [0, 0.1) is 5.82 Å². The third-order valence-corrected chi connectivity index (χ3v) is 4.43. The van der Waals surface area contributed by atoms with Crippen LogP contribution in [-0.2, 0) is 6.61 Å². The van der Waals surface area contributed by atoms with E-state index >= 15 is 0 Å². The molecule has 0 amide bonds. The molecule has 0 N–H and O–H groups in total. The molecule has 106 valence electrons. The molecule has 2 aromatic carbocycles. The van der Waals surface area contributed by atoms with Gasteiger partial charge in [0.25, 0.3) is 0 Å². The zero-order valence-electron chi connectivity index (χ0n) is 10.4. The van der Waals surface area contributed by atoms with Crippen LogP contribution in [0.4, 0.5) is 4.39 Å². The lowest BCUT2D eigenvalue weighted by molar-refractivity contribution is 0.303. The molecule has 0 heterocycles. The highest BCUT2D eigenvalue weighted by atomic mass is 79.9. The third kappa shape index (κ3) is 3.74. The summed E-state index contributed by atoms with van der Waals surface area (Å²) in [5.74, 6) is 1.11. The quantitative estimate of drug-likeness (QED) is 0.573. The van der Waals surface area contributed by atoms with Gasteiger partial charge in [0, 0.05) is 0 Å². The average Bonchev–Trinajstić information content (AvgIpc) is 2.43. The Hall–Kier alpha value is -0.590. The minimum Gasteiger partial charge on any atom is -0.496 e. The van der Waals surface area contributed by atoms with Crippen molar-refractivity contribution in [3.05, 3.63) is 55.1 Å². The van der Waals surface area contributed by atoms with Crippen LogP contribution in [0.15, 0.2) is 43.7 Å². The van der Waals surface area contributed by atoms with Crippen LogP contribution < -0.4 is 9.47 Å². The van der Waals surface area contributed by atoms with Crippen molar-refractivity contribution >= 4 is 47.8 Å². The summed E-state index contributed by atoms with van der Waals surface area (Å²) in [6, 6.07) is 8.43. The first kappa shape index (κ1) is 15.8. The predicted octanol–water partition coefficient (Wildman–Crippen LogP) is 5.70. The Morgan fingerprint density at radius 3 is 2.25 bits per heavy atom. The second kappa shape index (κ2) is 6.91. The Balaban J connectivity index is 2.14. The van der Waals surface area contributed by atoms with E-state index in [0.717, 1.165) is 14.5 Å². The van der Waals surface area contributed by atoms with E-state index in [1.165, 1.54) is 6.07 Å². The maximum Gasteiger partial charge on any atom is 0.137 e. The lowest BCUT2D eigenvalue weighted by Crippen LogP contribution is -1.97. The van der Waals surface area contributed by atoms with Gasteiger partial charge in [-0.1, -0.05) is 6.07 Å². The van der Waals surface area contributed by atoms with E-state index < -0.39 is 0 Å². The molecule has 0 aliphatic heterocycles. The van der Waals surface area contributed by atoms with E-state index in [-0.39, 0.29) is 5.82 Å². The fourth-order valence-electron chi connectivity index (χ4n) is 1.57. The van der Waals surface area contributed by atoms with Crippen LogP contribution in [0.5, 0.6) is 11.5 Å². The monoisotopic (exact) mass is 466 g/mol. The fourth-order valence-corrected chi connectivity index (χ4v) is 2.92. The molecule has 20 heavy (non-hydrogen) atoms. The van der Waals surface area contributed by atoms with Crippen LogP contribution in [0.25, 0.3) is 0 Å². The van der Waals surface area contributed by atoms with Gasteiger partial charge in [-0.3, -0.25) is 0 Å². The summed E-state index contributed by atoms with van der Waals surface area (Å²) in [6.07, 6.45) is 0. The SMILES string of the molecule is COc1cc(Br)c(OCc2ccc(F)c(Br)c2)cc1Br. The number of rotatable bonds is 4. The van der Waals surface area contributed by atoms with Crippen LogP contribution in [0.1, 0.15) is 5.56 Å². The lowest BCUT2D eigenvalue weighted by Gasteiger charge is -2.11. The molecule has 0 unspecified atom stereocenters. The van der Waals surface area contributed by atoms with E-state index in [2.05, 4.69) is 47.8 Å². The zero-order valence-corrected chi connectivity index (χ0v) is 15.2. The summed E-state index contributed by atoms with van der Waals surface area (Å²) in [4.78, 5) is 0. The predicted molar refractivity (Wildman–Crippen MR) is 86.8 cm³/mol. The van der Waals surface area contributed by atoms with Crippen molar-refractivity contribution in [2.75, 3.05) is 7.11 Å². The number of ether oxygens (including phenoxy) is 2. The molecule has 0 aliphatic carbocycles. The Labute approximate surface area is 141 Å². The summed E-state index contributed by atoms with van der Waals surface area (Å²) in [5.41, 5.74) is 0.872. The molecule has 0 spiro atoms. The van der Waals surface area contributed by atoms with Gasteiger partial charge in [0.05, 0.1) is 20.5 Å². The second-order valence-electron chi connectivity index (χ2n) is 3.95. The van der Waals surface area contributed by atoms with Gasteiger partial charge < -0.3 is 9.47 Å². The minimum absolute atomic E-state index is 0.290. The summed E-state index contributed by atoms with van der Waals surface area (Å²) in [5, 5.41) is 0. The molecule has 0 radical (unpaired) electrons. The summed E-state index contributed by atoms with van der Waals surface area (Å²) < 4.78 is 26.1. The highest BCUT2D eigenvalue weighted by Crippen LogP contribution is 2.36. The van der Waals surface area contributed by atoms with Crippen molar-refractivity contribution in [1.82, 2.24) is 0 Å². The van der Waals surface area contributed by atoms with Crippen molar-refractivity contribution in [2.24, 2.45) is 0 Å². The standard InChI is InChI=1S/C14H10Br3FO2/c1-19-13-5-11(17)14(6-10(13)16)20-7-8-2-3-12(18)9(15)4-8/h2-6H,7H2,1H3. The third-order valence-electron chi connectivity index (χ3n) is 2.58. The molecule has 0 fully saturated rings. The van der Waals surface area contributed by atoms with Crippen molar-refractivity contribution in [3.63, 3.8) is 0 Å². The molecule has 0 atom stereocenters. The van der Waals surface area contributed by atoms with Gasteiger partial charge in [-0.25, -0.2) is 4.39 Å². The number of benzene rings is 2. The van der Waals surface area contributed by atoms with Gasteiger partial charge in [-0.05, 0) is 77.6 Å². The van der Waals surface area contributed by atoms with Crippen LogP contribution >= 0.6 is 47.8 Å². The molecule has 0 bridgehead atoms. The van der Waals surface area contributed by atoms with Crippen molar-refractivity contribution in [1.29, 1.82) is 0 Å². The summed E-state index contributed by atoms with van der Waals surface area (Å²) >= 11 is 9.99. The van der Waals surface area contributed by atoms with E-state index in [4.69, 9.17) is 9.47 Å². The fraction of sp³-hybridized carbons (Fsp3) is 0.143. The Morgan fingerprint density at radius 1 is 0.950 bits per heavy atom. The van der Waals surface area contributed by atoms with E-state index in [1.807, 2.05) is 12.1 Å². The summed E-state index contributed by atoms with van der Waals surface area (Å²) in [7, 11) is 1.60. The molecule has 2 aromatic rings.